The highest BCUT2D eigenvalue weighted by molar-refractivity contribution is 6.04. The molecule has 2 amide bonds. The van der Waals surface area contributed by atoms with E-state index in [-0.39, 0.29) is 50.0 Å². The Labute approximate surface area is 333 Å². The normalized spacial score (nSPS) is 18.0. The zero-order valence-electron chi connectivity index (χ0n) is 32.0. The maximum atomic E-state index is 13.5. The highest BCUT2D eigenvalue weighted by Crippen LogP contribution is 2.40. The van der Waals surface area contributed by atoms with Crippen LogP contribution in [-0.2, 0) is 24.4 Å². The SMILES string of the molecule is C=C1C[C@H]2C=Nc3cc(OCc4cc(CCC(=O)On5c(O)ccc5O)cc(COc5cc6c(cc5OC)C(=O)N5CC(=C)C[C@H]5C=N6)c4)c(OC)cc3C(=O)N2C1. The molecule has 4 aliphatic rings. The topological polar surface area (TPSA) is 174 Å². The summed E-state index contributed by atoms with van der Waals surface area (Å²) in [5.74, 6) is -0.368. The van der Waals surface area contributed by atoms with Crippen molar-refractivity contribution in [2.45, 2.75) is 51.0 Å². The molecule has 0 unspecified atom stereocenters. The molecule has 0 bridgehead atoms. The second-order valence-electron chi connectivity index (χ2n) is 14.5. The van der Waals surface area contributed by atoms with Gasteiger partial charge in [0.1, 0.15) is 13.2 Å². The molecular formula is C43H41N5O10. The molecule has 0 spiro atoms. The number of hydrogen-bond acceptors (Lipinski definition) is 12. The van der Waals surface area contributed by atoms with E-state index >= 15 is 0 Å². The van der Waals surface area contributed by atoms with Gasteiger partial charge in [-0.2, -0.15) is 0 Å². The number of aliphatic imine (C=N–C) groups is 2. The number of aryl methyl sites for hydroxylation is 1. The first kappa shape index (κ1) is 37.9. The van der Waals surface area contributed by atoms with Crippen LogP contribution in [0.5, 0.6) is 34.8 Å². The van der Waals surface area contributed by atoms with Gasteiger partial charge in [0.25, 0.3) is 11.8 Å². The number of benzene rings is 3. The van der Waals surface area contributed by atoms with Crippen LogP contribution in [0.15, 0.2) is 88.9 Å². The second-order valence-corrected chi connectivity index (χ2v) is 14.5. The first-order valence-electron chi connectivity index (χ1n) is 18.6. The number of aromatic hydroxyl groups is 2. The molecule has 3 aromatic carbocycles. The molecule has 0 aliphatic carbocycles. The number of carbonyl (C=O) groups excluding carboxylic acids is 3. The van der Waals surface area contributed by atoms with Crippen molar-refractivity contribution in [3.8, 4) is 34.8 Å². The molecule has 2 saturated heterocycles. The summed E-state index contributed by atoms with van der Waals surface area (Å²) >= 11 is 0. The molecule has 2 atom stereocenters. The van der Waals surface area contributed by atoms with Crippen LogP contribution in [0.1, 0.15) is 56.7 Å². The first-order valence-corrected chi connectivity index (χ1v) is 18.6. The molecular weight excluding hydrogens is 746 g/mol. The average molecular weight is 788 g/mol. The Morgan fingerprint density at radius 2 is 1.17 bits per heavy atom. The summed E-state index contributed by atoms with van der Waals surface area (Å²) in [5, 5.41) is 19.8. The lowest BCUT2D eigenvalue weighted by Gasteiger charge is -2.20. The molecule has 298 valence electrons. The Balaban J connectivity index is 1.05. The third-order valence-electron chi connectivity index (χ3n) is 10.4. The quantitative estimate of drug-likeness (QED) is 0.171. The predicted molar refractivity (Wildman–Crippen MR) is 212 cm³/mol. The molecule has 15 nitrogen and oxygen atoms in total. The summed E-state index contributed by atoms with van der Waals surface area (Å²) in [6.45, 7) is 9.17. The third kappa shape index (κ3) is 7.45. The van der Waals surface area contributed by atoms with Crippen LogP contribution in [-0.4, -0.2) is 94.3 Å². The molecule has 5 heterocycles. The minimum absolute atomic E-state index is 0.0703. The molecule has 0 saturated carbocycles. The van der Waals surface area contributed by atoms with Gasteiger partial charge in [-0.25, -0.2) is 4.79 Å². The first-order chi connectivity index (χ1) is 28.0. The van der Waals surface area contributed by atoms with Crippen molar-refractivity contribution in [2.24, 2.45) is 9.98 Å². The van der Waals surface area contributed by atoms with Crippen molar-refractivity contribution in [1.82, 2.24) is 14.5 Å². The lowest BCUT2D eigenvalue weighted by Crippen LogP contribution is -2.35. The van der Waals surface area contributed by atoms with E-state index in [1.165, 1.54) is 26.4 Å². The summed E-state index contributed by atoms with van der Waals surface area (Å²) < 4.78 is 24.6. The number of fused-ring (bicyclic) bond motifs is 4. The Bertz CT molecular complexity index is 2280. The molecule has 1 aromatic heterocycles. The Morgan fingerprint density at radius 1 is 0.707 bits per heavy atom. The lowest BCUT2D eigenvalue weighted by atomic mass is 10.0. The van der Waals surface area contributed by atoms with Gasteiger partial charge in [0, 0.05) is 49.8 Å². The number of aromatic nitrogens is 1. The highest BCUT2D eigenvalue weighted by atomic mass is 16.7. The fourth-order valence-corrected chi connectivity index (χ4v) is 7.57. The summed E-state index contributed by atoms with van der Waals surface area (Å²) in [6, 6.07) is 14.4. The highest BCUT2D eigenvalue weighted by Gasteiger charge is 2.35. The van der Waals surface area contributed by atoms with Crippen LogP contribution in [0, 0.1) is 0 Å². The zero-order chi connectivity index (χ0) is 40.7. The smallest absolute Gasteiger partial charge is 0.333 e. The van der Waals surface area contributed by atoms with E-state index in [0.29, 0.717) is 76.2 Å². The van der Waals surface area contributed by atoms with Crippen LogP contribution >= 0.6 is 0 Å². The van der Waals surface area contributed by atoms with Crippen LogP contribution in [0.4, 0.5) is 11.4 Å². The van der Waals surface area contributed by atoms with Gasteiger partial charge in [-0.1, -0.05) is 36.4 Å². The van der Waals surface area contributed by atoms with Crippen molar-refractivity contribution < 1.29 is 48.4 Å². The van der Waals surface area contributed by atoms with Gasteiger partial charge >= 0.3 is 5.97 Å². The predicted octanol–water partition coefficient (Wildman–Crippen LogP) is 5.64. The Kier molecular flexibility index (Phi) is 10.1. The Hall–Kier alpha value is -7.03. The average Bonchev–Trinajstić information content (AvgIpc) is 3.85. The van der Waals surface area contributed by atoms with Crippen LogP contribution in [0.2, 0.25) is 0 Å². The van der Waals surface area contributed by atoms with E-state index in [1.807, 2.05) is 18.2 Å². The Morgan fingerprint density at radius 3 is 1.64 bits per heavy atom. The number of nitrogens with zero attached hydrogens (tertiary/aromatic N) is 5. The molecule has 58 heavy (non-hydrogen) atoms. The summed E-state index contributed by atoms with van der Waals surface area (Å²) in [7, 11) is 3.00. The number of methoxy groups -OCH3 is 2. The van der Waals surface area contributed by atoms with E-state index in [2.05, 4.69) is 23.1 Å². The van der Waals surface area contributed by atoms with Crippen LogP contribution in [0.25, 0.3) is 0 Å². The zero-order valence-corrected chi connectivity index (χ0v) is 32.0. The van der Waals surface area contributed by atoms with Crippen molar-refractivity contribution in [1.29, 1.82) is 0 Å². The standard InChI is InChI=1S/C43H41N5O10/c1-24-9-29-18-44-33-16-37(35(54-3)14-31(33)42(52)46(29)20-24)56-22-27-11-26(5-8-41(51)58-48-39(49)6-7-40(48)50)12-28(13-27)23-57-38-17-34-32(15-36(38)55-4)43(53)47-21-25(2)10-30(47)19-45-34/h6-7,11-19,29-30,49-50H,1-2,5,8-10,20-23H2,3-4H3/t29-,30-/m0/s1. The molecule has 2 fully saturated rings. The number of rotatable bonds is 12. The van der Waals surface area contributed by atoms with Gasteiger partial charge in [-0.15, -0.1) is 4.73 Å². The van der Waals surface area contributed by atoms with E-state index in [1.54, 1.807) is 46.5 Å². The van der Waals surface area contributed by atoms with Gasteiger partial charge in [0.2, 0.25) is 11.8 Å². The minimum Gasteiger partial charge on any atom is -0.493 e. The molecule has 15 heteroatoms. The number of ether oxygens (including phenoxy) is 4. The van der Waals surface area contributed by atoms with Crippen LogP contribution in [0.3, 0.4) is 0 Å². The molecule has 2 N–H and O–H groups in total. The molecule has 4 aromatic rings. The fraction of sp³-hybridized carbons (Fsp3) is 0.279. The molecule has 4 aliphatic heterocycles. The number of amides is 2. The molecule has 0 radical (unpaired) electrons. The van der Waals surface area contributed by atoms with E-state index in [4.69, 9.17) is 23.8 Å². The lowest BCUT2D eigenvalue weighted by molar-refractivity contribution is -0.145. The van der Waals surface area contributed by atoms with Crippen molar-refractivity contribution in [2.75, 3.05) is 27.3 Å². The minimum atomic E-state index is -0.689. The maximum absolute atomic E-state index is 13.5. The van der Waals surface area contributed by atoms with Gasteiger partial charge in [0.15, 0.2) is 23.0 Å². The second kappa shape index (κ2) is 15.5. The van der Waals surface area contributed by atoms with Crippen molar-refractivity contribution in [3.05, 3.63) is 107 Å². The maximum Gasteiger partial charge on any atom is 0.333 e. The molecule has 8 rings (SSSR count). The van der Waals surface area contributed by atoms with Gasteiger partial charge in [-0.3, -0.25) is 19.6 Å². The largest absolute Gasteiger partial charge is 0.493 e. The number of carbonyl (C=O) groups is 3. The van der Waals surface area contributed by atoms with Crippen LogP contribution < -0.4 is 23.8 Å². The number of hydrogen-bond donors (Lipinski definition) is 2. The van der Waals surface area contributed by atoms with Crippen molar-refractivity contribution in [3.63, 3.8) is 0 Å². The van der Waals surface area contributed by atoms with Gasteiger partial charge in [-0.05, 0) is 54.2 Å². The van der Waals surface area contributed by atoms with Gasteiger partial charge < -0.3 is 43.8 Å². The third-order valence-corrected chi connectivity index (χ3v) is 10.4. The monoisotopic (exact) mass is 787 g/mol. The summed E-state index contributed by atoms with van der Waals surface area (Å²) in [5.41, 5.74) is 5.89. The summed E-state index contributed by atoms with van der Waals surface area (Å²) in [6.07, 6.45) is 4.99. The van der Waals surface area contributed by atoms with E-state index in [9.17, 15) is 24.6 Å². The summed E-state index contributed by atoms with van der Waals surface area (Å²) in [4.78, 5) is 57.7. The van der Waals surface area contributed by atoms with Gasteiger partial charge in [0.05, 0.1) is 55.2 Å². The van der Waals surface area contributed by atoms with Crippen molar-refractivity contribution >= 4 is 41.6 Å². The van der Waals surface area contributed by atoms with E-state index in [0.717, 1.165) is 27.8 Å². The van der Waals surface area contributed by atoms with E-state index < -0.39 is 17.7 Å². The fourth-order valence-electron chi connectivity index (χ4n) is 7.57.